The molecule has 128 valence electrons. The van der Waals surface area contributed by atoms with Crippen molar-refractivity contribution >= 4 is 11.9 Å². The maximum atomic E-state index is 12.0. The van der Waals surface area contributed by atoms with Gasteiger partial charge in [-0.05, 0) is 25.0 Å². The summed E-state index contributed by atoms with van der Waals surface area (Å²) in [5, 5.41) is 15.5. The minimum absolute atomic E-state index is 0.153. The Bertz CT molecular complexity index is 655. The monoisotopic (exact) mass is 330 g/mol. The Kier molecular flexibility index (Phi) is 6.94. The first-order chi connectivity index (χ1) is 11.7. The van der Waals surface area contributed by atoms with Crippen LogP contribution in [-0.2, 0) is 4.79 Å². The van der Waals surface area contributed by atoms with Gasteiger partial charge in [-0.2, -0.15) is 0 Å². The highest BCUT2D eigenvalue weighted by molar-refractivity contribution is 5.90. The molecular formula is C17H22N4O3. The fourth-order valence-electron chi connectivity index (χ4n) is 2.28. The van der Waals surface area contributed by atoms with E-state index >= 15 is 0 Å². The summed E-state index contributed by atoms with van der Waals surface area (Å²) in [5.41, 5.74) is 0.852. The molecule has 0 saturated carbocycles. The van der Waals surface area contributed by atoms with Gasteiger partial charge in [0.15, 0.2) is 0 Å². The molecule has 0 aliphatic carbocycles. The van der Waals surface area contributed by atoms with Crippen LogP contribution >= 0.6 is 0 Å². The van der Waals surface area contributed by atoms with Crippen molar-refractivity contribution in [3.05, 3.63) is 42.5 Å². The first kappa shape index (κ1) is 17.7. The topological polar surface area (TPSA) is 97.1 Å². The zero-order chi connectivity index (χ0) is 17.2. The zero-order valence-corrected chi connectivity index (χ0v) is 13.5. The van der Waals surface area contributed by atoms with Gasteiger partial charge >= 0.3 is 5.97 Å². The first-order valence-corrected chi connectivity index (χ1v) is 8.14. The Morgan fingerprint density at radius 2 is 1.75 bits per heavy atom. The number of rotatable bonds is 10. The Morgan fingerprint density at radius 1 is 1.04 bits per heavy atom. The number of carbonyl (C=O) groups is 2. The van der Waals surface area contributed by atoms with Gasteiger partial charge < -0.3 is 10.4 Å². The van der Waals surface area contributed by atoms with Crippen LogP contribution in [0.5, 0.6) is 0 Å². The van der Waals surface area contributed by atoms with Gasteiger partial charge in [-0.25, -0.2) is 9.67 Å². The Labute approximate surface area is 140 Å². The second kappa shape index (κ2) is 9.44. The normalized spacial score (nSPS) is 10.5. The molecule has 0 aliphatic rings. The second-order valence-electron chi connectivity index (χ2n) is 5.52. The fraction of sp³-hybridized carbons (Fsp3) is 0.412. The van der Waals surface area contributed by atoms with Crippen molar-refractivity contribution in [2.24, 2.45) is 0 Å². The zero-order valence-electron chi connectivity index (χ0n) is 13.5. The first-order valence-electron chi connectivity index (χ1n) is 8.14. The number of aliphatic carboxylic acids is 1. The third kappa shape index (κ3) is 5.83. The molecule has 0 aliphatic heterocycles. The van der Waals surface area contributed by atoms with Gasteiger partial charge in [0.05, 0.1) is 5.69 Å². The van der Waals surface area contributed by atoms with Gasteiger partial charge in [0, 0.05) is 13.0 Å². The van der Waals surface area contributed by atoms with Gasteiger partial charge in [0.1, 0.15) is 6.33 Å². The quantitative estimate of drug-likeness (QED) is 0.652. The van der Waals surface area contributed by atoms with Crippen LogP contribution in [0.2, 0.25) is 0 Å². The molecule has 0 saturated heterocycles. The van der Waals surface area contributed by atoms with Crippen molar-refractivity contribution in [3.8, 4) is 5.69 Å². The molecule has 1 amide bonds. The lowest BCUT2D eigenvalue weighted by Crippen LogP contribution is -2.25. The molecular weight excluding hydrogens is 308 g/mol. The van der Waals surface area contributed by atoms with Crippen molar-refractivity contribution in [1.82, 2.24) is 20.1 Å². The second-order valence-corrected chi connectivity index (χ2v) is 5.52. The molecule has 2 aromatic rings. The van der Waals surface area contributed by atoms with E-state index in [-0.39, 0.29) is 18.2 Å². The molecule has 1 aromatic carbocycles. The largest absolute Gasteiger partial charge is 0.481 e. The highest BCUT2D eigenvalue weighted by Crippen LogP contribution is 2.06. The molecule has 2 rings (SSSR count). The Morgan fingerprint density at radius 3 is 2.50 bits per heavy atom. The number of amides is 1. The molecule has 7 nitrogen and oxygen atoms in total. The van der Waals surface area contributed by atoms with Crippen LogP contribution in [0.3, 0.4) is 0 Å². The highest BCUT2D eigenvalue weighted by atomic mass is 16.4. The molecule has 0 atom stereocenters. The number of para-hydroxylation sites is 1. The number of nitrogens with zero attached hydrogens (tertiary/aromatic N) is 3. The van der Waals surface area contributed by atoms with Crippen LogP contribution in [0, 0.1) is 0 Å². The predicted molar refractivity (Wildman–Crippen MR) is 89.0 cm³/mol. The lowest BCUT2D eigenvalue weighted by molar-refractivity contribution is -0.137. The van der Waals surface area contributed by atoms with E-state index in [0.717, 1.165) is 31.4 Å². The summed E-state index contributed by atoms with van der Waals surface area (Å²) in [4.78, 5) is 26.4. The summed E-state index contributed by atoms with van der Waals surface area (Å²) in [6.07, 6.45) is 6.17. The van der Waals surface area contributed by atoms with Crippen molar-refractivity contribution < 1.29 is 14.7 Å². The molecule has 1 aromatic heterocycles. The summed E-state index contributed by atoms with van der Waals surface area (Å²) >= 11 is 0. The molecule has 0 spiro atoms. The van der Waals surface area contributed by atoms with Crippen LogP contribution in [0.15, 0.2) is 36.7 Å². The molecule has 0 radical (unpaired) electrons. The SMILES string of the molecule is O=C(O)CCCCCCCNC(=O)c1ncn(-c2ccccc2)n1. The average molecular weight is 330 g/mol. The maximum Gasteiger partial charge on any atom is 0.303 e. The standard InChI is InChI=1S/C17H22N4O3/c22-15(23)11-7-2-1-3-8-12-18-17(24)16-19-13-21(20-16)14-9-5-4-6-10-14/h4-6,9-10,13H,1-3,7-8,11-12H2,(H,18,24)(H,22,23). The third-order valence-corrected chi connectivity index (χ3v) is 3.57. The van der Waals surface area contributed by atoms with Crippen molar-refractivity contribution in [2.75, 3.05) is 6.54 Å². The lowest BCUT2D eigenvalue weighted by atomic mass is 10.1. The minimum atomic E-state index is -0.746. The van der Waals surface area contributed by atoms with E-state index in [1.54, 1.807) is 4.68 Å². The smallest absolute Gasteiger partial charge is 0.303 e. The van der Waals surface area contributed by atoms with Crippen LogP contribution in [0.4, 0.5) is 0 Å². The molecule has 0 unspecified atom stereocenters. The number of carboxylic acids is 1. The van der Waals surface area contributed by atoms with E-state index < -0.39 is 5.97 Å². The van der Waals surface area contributed by atoms with Gasteiger partial charge in [0.25, 0.3) is 5.91 Å². The highest BCUT2D eigenvalue weighted by Gasteiger charge is 2.11. The van der Waals surface area contributed by atoms with E-state index in [9.17, 15) is 9.59 Å². The number of aromatic nitrogens is 3. The molecule has 0 fully saturated rings. The Hall–Kier alpha value is -2.70. The summed E-state index contributed by atoms with van der Waals surface area (Å²) in [5.74, 6) is -0.874. The third-order valence-electron chi connectivity index (χ3n) is 3.57. The van der Waals surface area contributed by atoms with Crippen molar-refractivity contribution in [2.45, 2.75) is 38.5 Å². The van der Waals surface area contributed by atoms with Gasteiger partial charge in [-0.1, -0.05) is 37.5 Å². The maximum absolute atomic E-state index is 12.0. The number of carbonyl (C=O) groups excluding carboxylic acids is 1. The number of hydrogen-bond donors (Lipinski definition) is 2. The average Bonchev–Trinajstić information content (AvgIpc) is 3.08. The molecule has 0 bridgehead atoms. The van der Waals surface area contributed by atoms with Crippen LogP contribution < -0.4 is 5.32 Å². The lowest BCUT2D eigenvalue weighted by Gasteiger charge is -2.03. The van der Waals surface area contributed by atoms with Crippen molar-refractivity contribution in [3.63, 3.8) is 0 Å². The summed E-state index contributed by atoms with van der Waals surface area (Å²) in [7, 11) is 0. The van der Waals surface area contributed by atoms with E-state index in [1.807, 2.05) is 30.3 Å². The Balaban J connectivity index is 1.65. The molecule has 7 heteroatoms. The number of benzene rings is 1. The van der Waals surface area contributed by atoms with Crippen LogP contribution in [0.25, 0.3) is 5.69 Å². The van der Waals surface area contributed by atoms with Gasteiger partial charge in [0.2, 0.25) is 5.82 Å². The number of nitrogens with one attached hydrogen (secondary N) is 1. The fourth-order valence-corrected chi connectivity index (χ4v) is 2.28. The number of unbranched alkanes of at least 4 members (excludes halogenated alkanes) is 4. The van der Waals surface area contributed by atoms with Crippen LogP contribution in [0.1, 0.15) is 49.1 Å². The van der Waals surface area contributed by atoms with E-state index in [0.29, 0.717) is 13.0 Å². The predicted octanol–water partition coefficient (Wildman–Crippen LogP) is 2.42. The van der Waals surface area contributed by atoms with E-state index in [4.69, 9.17) is 5.11 Å². The summed E-state index contributed by atoms with van der Waals surface area (Å²) < 4.78 is 1.57. The summed E-state index contributed by atoms with van der Waals surface area (Å²) in [6.45, 7) is 0.567. The number of hydrogen-bond acceptors (Lipinski definition) is 4. The van der Waals surface area contributed by atoms with E-state index in [1.165, 1.54) is 6.33 Å². The summed E-state index contributed by atoms with van der Waals surface area (Å²) in [6, 6.07) is 9.48. The van der Waals surface area contributed by atoms with Gasteiger partial charge in [-0.3, -0.25) is 9.59 Å². The van der Waals surface area contributed by atoms with Gasteiger partial charge in [-0.15, -0.1) is 5.10 Å². The molecule has 2 N–H and O–H groups in total. The minimum Gasteiger partial charge on any atom is -0.481 e. The molecule has 24 heavy (non-hydrogen) atoms. The van der Waals surface area contributed by atoms with E-state index in [2.05, 4.69) is 15.4 Å². The van der Waals surface area contributed by atoms with Crippen molar-refractivity contribution in [1.29, 1.82) is 0 Å². The van der Waals surface area contributed by atoms with Crippen LogP contribution in [-0.4, -0.2) is 38.3 Å². The molecule has 1 heterocycles. The number of carboxylic acid groups (broad SMARTS) is 1.